The first-order valence-electron chi connectivity index (χ1n) is 11.6. The number of hydrogen-bond donors (Lipinski definition) is 3. The van der Waals surface area contributed by atoms with E-state index in [9.17, 15) is 10.2 Å². The number of phenols is 2. The van der Waals surface area contributed by atoms with Crippen molar-refractivity contribution in [2.75, 3.05) is 58.7 Å². The largest absolute Gasteiger partial charge is 0.504 e. The third kappa shape index (κ3) is 6.10. The molecule has 0 spiro atoms. The summed E-state index contributed by atoms with van der Waals surface area (Å²) in [6.45, 7) is 6.83. The molecular weight excluding hydrogens is 416 g/mol. The smallest absolute Gasteiger partial charge is 0.161 e. The monoisotopic (exact) mass is 450 g/mol. The highest BCUT2D eigenvalue weighted by atomic mass is 16.3. The SMILES string of the molecule is CN(C)CCCNc1nc(CN2CCN(Cc3cccc(O)c3O)CC2)nc2ccccc12. The molecule has 2 heterocycles. The second-order valence-corrected chi connectivity index (χ2v) is 8.93. The van der Waals surface area contributed by atoms with E-state index in [0.29, 0.717) is 13.1 Å². The van der Waals surface area contributed by atoms with Crippen LogP contribution in [0.2, 0.25) is 0 Å². The van der Waals surface area contributed by atoms with E-state index in [1.165, 1.54) is 6.07 Å². The third-order valence-corrected chi connectivity index (χ3v) is 6.05. The number of fused-ring (bicyclic) bond motifs is 1. The molecule has 0 atom stereocenters. The molecule has 3 N–H and O–H groups in total. The molecule has 4 rings (SSSR count). The van der Waals surface area contributed by atoms with E-state index in [2.05, 4.69) is 40.2 Å². The van der Waals surface area contributed by atoms with Crippen molar-refractivity contribution in [1.82, 2.24) is 24.7 Å². The molecule has 1 saturated heterocycles. The second-order valence-electron chi connectivity index (χ2n) is 8.93. The first-order chi connectivity index (χ1) is 16.0. The fourth-order valence-corrected chi connectivity index (χ4v) is 4.18. The Balaban J connectivity index is 1.37. The number of nitrogens with zero attached hydrogens (tertiary/aromatic N) is 5. The van der Waals surface area contributed by atoms with Crippen molar-refractivity contribution in [1.29, 1.82) is 0 Å². The lowest BCUT2D eigenvalue weighted by atomic mass is 10.1. The van der Waals surface area contributed by atoms with Crippen LogP contribution in [0.4, 0.5) is 5.82 Å². The van der Waals surface area contributed by atoms with Crippen LogP contribution in [0.1, 0.15) is 17.8 Å². The van der Waals surface area contributed by atoms with Crippen LogP contribution >= 0.6 is 0 Å². The van der Waals surface area contributed by atoms with E-state index in [4.69, 9.17) is 9.97 Å². The summed E-state index contributed by atoms with van der Waals surface area (Å²) in [5.74, 6) is 1.66. The highest BCUT2D eigenvalue weighted by molar-refractivity contribution is 5.88. The number of hydrogen-bond acceptors (Lipinski definition) is 8. The molecule has 0 unspecified atom stereocenters. The van der Waals surface area contributed by atoms with Gasteiger partial charge >= 0.3 is 0 Å². The standard InChI is InChI=1S/C25H34N6O2/c1-29(2)12-6-11-26-25-20-8-3-4-9-21(20)27-23(28-25)18-31-15-13-30(14-16-31)17-19-7-5-10-22(32)24(19)33/h3-5,7-10,32-33H,6,11-18H2,1-2H3,(H,26,27,28). The lowest BCUT2D eigenvalue weighted by Crippen LogP contribution is -2.45. The molecule has 0 radical (unpaired) electrons. The van der Waals surface area contributed by atoms with Crippen molar-refractivity contribution in [3.8, 4) is 11.5 Å². The molecule has 2 aromatic carbocycles. The normalized spacial score (nSPS) is 15.4. The molecular formula is C25H34N6O2. The van der Waals surface area contributed by atoms with E-state index in [0.717, 1.165) is 73.8 Å². The molecule has 1 aliphatic rings. The minimum absolute atomic E-state index is 0.0184. The van der Waals surface area contributed by atoms with Crippen LogP contribution in [-0.4, -0.2) is 88.2 Å². The van der Waals surface area contributed by atoms with Gasteiger partial charge in [0.1, 0.15) is 11.6 Å². The average molecular weight is 451 g/mol. The zero-order valence-corrected chi connectivity index (χ0v) is 19.5. The van der Waals surface area contributed by atoms with Gasteiger partial charge in [-0.2, -0.15) is 0 Å². The minimum Gasteiger partial charge on any atom is -0.504 e. The summed E-state index contributed by atoms with van der Waals surface area (Å²) in [7, 11) is 4.18. The summed E-state index contributed by atoms with van der Waals surface area (Å²) in [4.78, 5) is 16.5. The van der Waals surface area contributed by atoms with Crippen molar-refractivity contribution in [2.24, 2.45) is 0 Å². The number of phenolic OH excluding ortho intramolecular Hbond substituents is 2. The van der Waals surface area contributed by atoms with Gasteiger partial charge in [-0.1, -0.05) is 24.3 Å². The molecule has 33 heavy (non-hydrogen) atoms. The van der Waals surface area contributed by atoms with Gasteiger partial charge in [0.2, 0.25) is 0 Å². The Morgan fingerprint density at radius 2 is 1.64 bits per heavy atom. The number of aromatic nitrogens is 2. The Kier molecular flexibility index (Phi) is 7.59. The van der Waals surface area contributed by atoms with E-state index >= 15 is 0 Å². The van der Waals surface area contributed by atoms with Gasteiger partial charge in [0.05, 0.1) is 12.1 Å². The van der Waals surface area contributed by atoms with E-state index in [1.54, 1.807) is 6.07 Å². The first-order valence-corrected chi connectivity index (χ1v) is 11.6. The zero-order chi connectivity index (χ0) is 23.2. The average Bonchev–Trinajstić information content (AvgIpc) is 2.81. The highest BCUT2D eigenvalue weighted by Gasteiger charge is 2.20. The molecule has 8 nitrogen and oxygen atoms in total. The second kappa shape index (κ2) is 10.8. The van der Waals surface area contributed by atoms with Crippen molar-refractivity contribution < 1.29 is 10.2 Å². The predicted octanol–water partition coefficient (Wildman–Crippen LogP) is 2.72. The number of nitrogens with one attached hydrogen (secondary N) is 1. The summed E-state index contributed by atoms with van der Waals surface area (Å²) in [6.07, 6.45) is 1.05. The van der Waals surface area contributed by atoms with Gasteiger partial charge in [0.25, 0.3) is 0 Å². The number of benzene rings is 2. The lowest BCUT2D eigenvalue weighted by Gasteiger charge is -2.34. The number of anilines is 1. The third-order valence-electron chi connectivity index (χ3n) is 6.05. The van der Waals surface area contributed by atoms with Gasteiger partial charge in [-0.05, 0) is 45.3 Å². The Bertz CT molecular complexity index is 1070. The van der Waals surface area contributed by atoms with Crippen LogP contribution in [-0.2, 0) is 13.1 Å². The zero-order valence-electron chi connectivity index (χ0n) is 19.5. The summed E-state index contributed by atoms with van der Waals surface area (Å²) >= 11 is 0. The Morgan fingerprint density at radius 1 is 0.909 bits per heavy atom. The molecule has 1 fully saturated rings. The maximum atomic E-state index is 10.1. The van der Waals surface area contributed by atoms with Gasteiger partial charge in [-0.3, -0.25) is 9.80 Å². The lowest BCUT2D eigenvalue weighted by molar-refractivity contribution is 0.119. The molecule has 1 aromatic heterocycles. The van der Waals surface area contributed by atoms with Gasteiger partial charge in [-0.15, -0.1) is 0 Å². The van der Waals surface area contributed by atoms with Gasteiger partial charge in [0, 0.05) is 50.2 Å². The van der Waals surface area contributed by atoms with E-state index in [-0.39, 0.29) is 11.5 Å². The fraction of sp³-hybridized carbons (Fsp3) is 0.440. The summed E-state index contributed by atoms with van der Waals surface area (Å²) in [6, 6.07) is 13.3. The quantitative estimate of drug-likeness (QED) is 0.339. The van der Waals surface area contributed by atoms with Crippen molar-refractivity contribution >= 4 is 16.7 Å². The predicted molar refractivity (Wildman–Crippen MR) is 132 cm³/mol. The maximum Gasteiger partial charge on any atom is 0.161 e. The van der Waals surface area contributed by atoms with Crippen LogP contribution in [0.3, 0.4) is 0 Å². The first kappa shape index (κ1) is 23.2. The van der Waals surface area contributed by atoms with E-state index < -0.39 is 0 Å². The molecule has 8 heteroatoms. The topological polar surface area (TPSA) is 88.0 Å². The van der Waals surface area contributed by atoms with Crippen molar-refractivity contribution in [3.63, 3.8) is 0 Å². The fourth-order valence-electron chi connectivity index (χ4n) is 4.18. The van der Waals surface area contributed by atoms with Gasteiger partial charge in [0.15, 0.2) is 11.5 Å². The molecule has 0 amide bonds. The number of piperazine rings is 1. The Hall–Kier alpha value is -2.94. The van der Waals surface area contributed by atoms with Crippen LogP contribution in [0.15, 0.2) is 42.5 Å². The van der Waals surface area contributed by atoms with Crippen LogP contribution in [0, 0.1) is 0 Å². The van der Waals surface area contributed by atoms with Gasteiger partial charge in [-0.25, -0.2) is 9.97 Å². The molecule has 0 aliphatic carbocycles. The van der Waals surface area contributed by atoms with Crippen molar-refractivity contribution in [2.45, 2.75) is 19.5 Å². The van der Waals surface area contributed by atoms with Crippen LogP contribution < -0.4 is 5.32 Å². The Morgan fingerprint density at radius 3 is 2.39 bits per heavy atom. The van der Waals surface area contributed by atoms with Gasteiger partial charge < -0.3 is 20.4 Å². The number of para-hydroxylation sites is 2. The van der Waals surface area contributed by atoms with E-state index in [1.807, 2.05) is 24.3 Å². The maximum absolute atomic E-state index is 10.1. The molecule has 0 bridgehead atoms. The molecule has 1 aliphatic heterocycles. The minimum atomic E-state index is -0.0642. The Labute approximate surface area is 195 Å². The highest BCUT2D eigenvalue weighted by Crippen LogP contribution is 2.29. The molecule has 0 saturated carbocycles. The van der Waals surface area contributed by atoms with Crippen molar-refractivity contribution in [3.05, 3.63) is 53.9 Å². The summed E-state index contributed by atoms with van der Waals surface area (Å²) in [5, 5.41) is 24.4. The summed E-state index contributed by atoms with van der Waals surface area (Å²) < 4.78 is 0. The van der Waals surface area contributed by atoms with Crippen LogP contribution in [0.25, 0.3) is 10.9 Å². The number of aromatic hydroxyl groups is 2. The summed E-state index contributed by atoms with van der Waals surface area (Å²) in [5.41, 5.74) is 1.72. The molecule has 176 valence electrons. The number of rotatable bonds is 9. The van der Waals surface area contributed by atoms with Crippen LogP contribution in [0.5, 0.6) is 11.5 Å². The molecule has 3 aromatic rings.